The lowest BCUT2D eigenvalue weighted by molar-refractivity contribution is 1.10. The van der Waals surface area contributed by atoms with E-state index in [2.05, 4.69) is 376 Å². The first-order valence-electron chi connectivity index (χ1n) is 50.1. The van der Waals surface area contributed by atoms with Crippen molar-refractivity contribution in [2.45, 2.75) is 0 Å². The molecule has 144 heavy (non-hydrogen) atoms. The number of imidazole rings is 2. The maximum absolute atomic E-state index is 8.90. The summed E-state index contributed by atoms with van der Waals surface area (Å²) in [6, 6.07) is 156. The molecule has 10 nitrogen and oxygen atoms in total. The summed E-state index contributed by atoms with van der Waals surface area (Å²) in [5, 5.41) is 13.4. The first-order chi connectivity index (χ1) is 73.1. The summed E-state index contributed by atoms with van der Waals surface area (Å²) in [4.78, 5) is 24.8. The van der Waals surface area contributed by atoms with Crippen molar-refractivity contribution in [3.05, 3.63) is 498 Å². The van der Waals surface area contributed by atoms with Gasteiger partial charge in [0.05, 0.1) is 61.0 Å². The number of rotatable bonds is 13. The smallest absolute Gasteiger partial charge is 0.161 e. The molecule has 0 amide bonds. The minimum absolute atomic E-state index is 0.00301. The van der Waals surface area contributed by atoms with Crippen molar-refractivity contribution in [2.75, 3.05) is 0 Å². The first-order valence-corrected chi connectivity index (χ1v) is 50.6. The number of para-hydroxylation sites is 5. The van der Waals surface area contributed by atoms with E-state index in [0.29, 0.717) is 16.7 Å². The molecule has 0 aliphatic carbocycles. The lowest BCUT2D eigenvalue weighted by Crippen LogP contribution is -1.99. The van der Waals surface area contributed by atoms with Crippen molar-refractivity contribution in [1.82, 2.24) is 47.6 Å². The number of nitrogens with zero attached hydrogens (tertiary/aromatic N) is 10. The molecule has 13 heteroatoms. The van der Waals surface area contributed by atoms with E-state index in [1.807, 2.05) is 143 Å². The molecule has 19 aromatic carbocycles. The Morgan fingerprint density at radius 3 is 1.21 bits per heavy atom. The second kappa shape index (κ2) is 34.9. The van der Waals surface area contributed by atoms with Gasteiger partial charge >= 0.3 is 0 Å². The molecule has 0 atom stereocenters. The molecule has 0 saturated carbocycles. The Balaban J connectivity index is 0.000000110. The molecule has 0 N–H and O–H groups in total. The summed E-state index contributed by atoms with van der Waals surface area (Å²) in [5.41, 5.74) is 30.9. The molecule has 0 unspecified atom stereocenters. The highest BCUT2D eigenvalue weighted by Crippen LogP contribution is 2.53. The molecule has 0 fully saturated rings. The molecular formula is C131H82N10S3. The fraction of sp³-hybridized carbons (Fsp3) is 0. The zero-order valence-corrected chi connectivity index (χ0v) is 79.7. The molecule has 0 spiro atoms. The van der Waals surface area contributed by atoms with Crippen LogP contribution < -0.4 is 0 Å². The van der Waals surface area contributed by atoms with Crippen LogP contribution in [0.3, 0.4) is 0 Å². The van der Waals surface area contributed by atoms with Crippen LogP contribution in [0, 0.1) is 0 Å². The van der Waals surface area contributed by atoms with Crippen LogP contribution in [0.2, 0.25) is 0 Å². The third kappa shape index (κ3) is 14.3. The van der Waals surface area contributed by atoms with Crippen LogP contribution in [0.25, 0.3) is 266 Å². The van der Waals surface area contributed by atoms with Gasteiger partial charge < -0.3 is 18.1 Å². The van der Waals surface area contributed by atoms with Gasteiger partial charge in [-0.15, -0.1) is 34.0 Å². The number of pyridine rings is 2. The molecule has 0 bridgehead atoms. The van der Waals surface area contributed by atoms with Crippen molar-refractivity contribution in [3.63, 3.8) is 0 Å². The van der Waals surface area contributed by atoms with Crippen LogP contribution in [-0.2, 0) is 0 Å². The Kier molecular flexibility index (Phi) is 19.3. The summed E-state index contributed by atoms with van der Waals surface area (Å²) in [6.07, 6.45) is 9.71. The van der Waals surface area contributed by atoms with Gasteiger partial charge in [-0.2, -0.15) is 0 Å². The molecule has 11 aromatic heterocycles. The first kappa shape index (κ1) is 79.5. The van der Waals surface area contributed by atoms with Crippen LogP contribution in [0.4, 0.5) is 0 Å². The van der Waals surface area contributed by atoms with Crippen LogP contribution in [0.1, 0.15) is 5.48 Å². The topological polar surface area (TPSA) is 88.6 Å². The minimum atomic E-state index is -0.217. The SMILES string of the molecule is [2H]c1c([2H])c([2H])c2c(c1[2H])c1c3c(ccc1n2-c1ccccc1)sc1ccc(-c2ccccc2)cc13.c1ccc(-c2ccc3sc4c(cc(-c5ccccn5)c5c4c4cc(-c6ccccc6)ccc4n5-c4ccc(-c5cn6ccccc6n5)cc4)c3c2)cc1.c1ccc(-c2ccc3sc4c(cc(-c5ncccn5)c5c4c4cc(-c6ccccc6)ccc4n5-c4ccc(-c5nc6ccccc6n5-c5ccccc5)cc4)c3c2)cc1. The van der Waals surface area contributed by atoms with Crippen molar-refractivity contribution >= 4 is 177 Å². The lowest BCUT2D eigenvalue weighted by atomic mass is 9.98. The Bertz CT molecular complexity index is 10500. The van der Waals surface area contributed by atoms with E-state index in [-0.39, 0.29) is 24.2 Å². The van der Waals surface area contributed by atoms with E-state index >= 15 is 0 Å². The van der Waals surface area contributed by atoms with E-state index in [4.69, 9.17) is 30.4 Å². The van der Waals surface area contributed by atoms with E-state index in [1.54, 1.807) is 11.3 Å². The molecule has 0 aliphatic rings. The summed E-state index contributed by atoms with van der Waals surface area (Å²) in [5.74, 6) is 1.59. The normalized spacial score (nSPS) is 12.1. The summed E-state index contributed by atoms with van der Waals surface area (Å²) < 4.78 is 53.0. The highest BCUT2D eigenvalue weighted by molar-refractivity contribution is 7.27. The molecule has 11 heterocycles. The maximum Gasteiger partial charge on any atom is 0.161 e. The number of hydrogen-bond donors (Lipinski definition) is 0. The molecule has 0 aliphatic heterocycles. The zero-order valence-electron chi connectivity index (χ0n) is 81.2. The highest BCUT2D eigenvalue weighted by atomic mass is 32.1. The quantitative estimate of drug-likeness (QED) is 0.115. The largest absolute Gasteiger partial charge is 0.309 e. The maximum atomic E-state index is 8.90. The van der Waals surface area contributed by atoms with Gasteiger partial charge in [0.25, 0.3) is 0 Å². The van der Waals surface area contributed by atoms with Gasteiger partial charge in [0.2, 0.25) is 0 Å². The van der Waals surface area contributed by atoms with Crippen molar-refractivity contribution in [2.24, 2.45) is 0 Å². The second-order valence-electron chi connectivity index (χ2n) is 36.2. The number of aromatic nitrogens is 10. The van der Waals surface area contributed by atoms with Gasteiger partial charge in [0.1, 0.15) is 11.5 Å². The molecule has 30 rings (SSSR count). The Labute approximate surface area is 845 Å². The van der Waals surface area contributed by atoms with Crippen LogP contribution >= 0.6 is 34.0 Å². The molecule has 0 saturated heterocycles. The summed E-state index contributed by atoms with van der Waals surface area (Å²) in [7, 11) is 0. The average molecular weight is 1900 g/mol. The summed E-state index contributed by atoms with van der Waals surface area (Å²) in [6.45, 7) is 0. The monoisotopic (exact) mass is 1890 g/mol. The zero-order chi connectivity index (χ0) is 98.3. The highest BCUT2D eigenvalue weighted by Gasteiger charge is 2.29. The van der Waals surface area contributed by atoms with Crippen molar-refractivity contribution in [1.29, 1.82) is 0 Å². The third-order valence-electron chi connectivity index (χ3n) is 28.0. The van der Waals surface area contributed by atoms with Crippen LogP contribution in [0.15, 0.2) is 498 Å². The van der Waals surface area contributed by atoms with Crippen molar-refractivity contribution in [3.8, 4) is 124 Å². The molecule has 0 radical (unpaired) electrons. The lowest BCUT2D eigenvalue weighted by Gasteiger charge is -2.13. The van der Waals surface area contributed by atoms with Gasteiger partial charge in [0.15, 0.2) is 5.82 Å². The predicted molar refractivity (Wildman–Crippen MR) is 607 cm³/mol. The molecular weight excluding hydrogens is 1810 g/mol. The number of benzene rings is 19. The number of thiophene rings is 3. The van der Waals surface area contributed by atoms with Gasteiger partial charge in [-0.05, 0) is 250 Å². The van der Waals surface area contributed by atoms with Gasteiger partial charge in [0, 0.05) is 169 Å². The van der Waals surface area contributed by atoms with E-state index < -0.39 is 0 Å². The van der Waals surface area contributed by atoms with Gasteiger partial charge in [-0.1, -0.05) is 273 Å². The van der Waals surface area contributed by atoms with E-state index in [0.717, 1.165) is 143 Å². The van der Waals surface area contributed by atoms with Crippen LogP contribution in [0.5, 0.6) is 0 Å². The fourth-order valence-electron chi connectivity index (χ4n) is 21.4. The second-order valence-corrected chi connectivity index (χ2v) is 39.4. The minimum Gasteiger partial charge on any atom is -0.309 e. The summed E-state index contributed by atoms with van der Waals surface area (Å²) >= 11 is 5.45. The standard InChI is InChI=1S/C53H33N5S.C48H30N4S.C30H19NS/c1-4-13-34(14-5-1)37-23-27-46-43(32-37)49-50(57(46)40-25-21-36(22-26-40)53-56-45-19-10-11-20-47(45)58(53)39-17-8-3-9-18-39)44(52-54-29-12-30-55-52)33-42-41-31-38(35-15-6-2-7-16-35)24-28-48(41)59-51(42)49;1-3-11-31(12-4-1)34-19-23-43-40(28-34)46-47(52(43)36-21-17-33(18-22-36)42-30-51-26-10-8-16-45(51)50-42)39(41-15-7-9-25-49-41)29-38-37-27-35(32-13-5-2-6-14-32)20-24-44(37)53-48(38)46;1-3-9-20(10-4-1)21-15-17-27-24(19-21)30-28(32-27)18-16-26-29(30)23-13-7-8-14-25(23)31(26)22-11-5-2-6-12-22/h1-33H;1-30H;1-19H/i;;7D,8D,13D,14D. The third-order valence-corrected chi connectivity index (χ3v) is 31.5. The number of fused-ring (bicyclic) bond motifs is 23. The predicted octanol–water partition coefficient (Wildman–Crippen LogP) is 35.6. The Morgan fingerprint density at radius 2 is 0.667 bits per heavy atom. The van der Waals surface area contributed by atoms with Crippen molar-refractivity contribution < 1.29 is 5.48 Å². The Morgan fingerprint density at radius 1 is 0.236 bits per heavy atom. The average Bonchev–Trinajstić information content (AvgIpc) is 1.53. The van der Waals surface area contributed by atoms with Crippen LogP contribution in [-0.4, -0.2) is 47.6 Å². The van der Waals surface area contributed by atoms with E-state index in [1.165, 1.54) is 106 Å². The van der Waals surface area contributed by atoms with Gasteiger partial charge in [-0.3, -0.25) is 9.55 Å². The Hall–Kier alpha value is -18.4. The van der Waals surface area contributed by atoms with E-state index in [9.17, 15) is 0 Å². The number of hydrogen-bond acceptors (Lipinski definition) is 8. The fourth-order valence-corrected chi connectivity index (χ4v) is 24.9. The van der Waals surface area contributed by atoms with Gasteiger partial charge in [-0.25, -0.2) is 19.9 Å². The molecule has 674 valence electrons. The molecule has 30 aromatic rings.